The number of aliphatic carboxylic acids is 1. The maximum atomic E-state index is 12.4. The van der Waals surface area contributed by atoms with Gasteiger partial charge in [0, 0.05) is 0 Å². The highest BCUT2D eigenvalue weighted by Crippen LogP contribution is 2.07. The first kappa shape index (κ1) is 21.7. The number of nitrogens with one attached hydrogen (secondary N) is 2. The minimum Gasteiger partial charge on any atom is -0.480 e. The fourth-order valence-corrected chi connectivity index (χ4v) is 2.31. The summed E-state index contributed by atoms with van der Waals surface area (Å²) in [5.41, 5.74) is 5.78. The Morgan fingerprint density at radius 2 is 1.61 bits per heavy atom. The molecule has 3 unspecified atom stereocenters. The molecule has 0 rings (SSSR count). The smallest absolute Gasteiger partial charge is 0.326 e. The van der Waals surface area contributed by atoms with Crippen LogP contribution in [0, 0.1) is 11.8 Å². The van der Waals surface area contributed by atoms with Crippen molar-refractivity contribution in [3.63, 3.8) is 0 Å². The Morgan fingerprint density at radius 3 is 2.00 bits per heavy atom. The Kier molecular flexibility index (Phi) is 9.90. The van der Waals surface area contributed by atoms with E-state index in [-0.39, 0.29) is 11.8 Å². The number of carboxylic acids is 1. The van der Waals surface area contributed by atoms with Gasteiger partial charge in [-0.15, -0.1) is 0 Å². The van der Waals surface area contributed by atoms with Gasteiger partial charge in [0.15, 0.2) is 0 Å². The first-order valence-electron chi connectivity index (χ1n) is 7.69. The molecule has 0 bridgehead atoms. The molecule has 2 amide bonds. The SMILES string of the molecule is CSCCC(NC(=O)C(NC(=O)C(N)C(C)C)C(C)C)C(=O)O. The van der Waals surface area contributed by atoms with Gasteiger partial charge in [0.2, 0.25) is 11.8 Å². The number of hydrogen-bond donors (Lipinski definition) is 4. The van der Waals surface area contributed by atoms with Crippen LogP contribution in [-0.4, -0.2) is 53.0 Å². The maximum Gasteiger partial charge on any atom is 0.326 e. The van der Waals surface area contributed by atoms with Crippen LogP contribution in [0.1, 0.15) is 34.1 Å². The molecule has 5 N–H and O–H groups in total. The first-order valence-corrected chi connectivity index (χ1v) is 9.09. The van der Waals surface area contributed by atoms with Crippen LogP contribution >= 0.6 is 11.8 Å². The Morgan fingerprint density at radius 1 is 1.04 bits per heavy atom. The number of carboxylic acid groups (broad SMARTS) is 1. The van der Waals surface area contributed by atoms with Gasteiger partial charge in [-0.25, -0.2) is 4.79 Å². The van der Waals surface area contributed by atoms with Crippen molar-refractivity contribution in [1.82, 2.24) is 10.6 Å². The van der Waals surface area contributed by atoms with E-state index in [0.29, 0.717) is 12.2 Å². The van der Waals surface area contributed by atoms with Crippen LogP contribution in [0.2, 0.25) is 0 Å². The van der Waals surface area contributed by atoms with Crippen molar-refractivity contribution in [1.29, 1.82) is 0 Å². The lowest BCUT2D eigenvalue weighted by atomic mass is 10.00. The highest BCUT2D eigenvalue weighted by Gasteiger charge is 2.30. The number of thioether (sulfide) groups is 1. The third-order valence-electron chi connectivity index (χ3n) is 3.49. The lowest BCUT2D eigenvalue weighted by molar-refractivity contribution is -0.142. The van der Waals surface area contributed by atoms with Crippen molar-refractivity contribution in [3.05, 3.63) is 0 Å². The fraction of sp³-hybridized carbons (Fsp3) is 0.800. The lowest BCUT2D eigenvalue weighted by Gasteiger charge is -2.26. The second-order valence-electron chi connectivity index (χ2n) is 6.18. The van der Waals surface area contributed by atoms with Crippen LogP contribution in [-0.2, 0) is 14.4 Å². The average Bonchev–Trinajstić information content (AvgIpc) is 2.46. The van der Waals surface area contributed by atoms with Crippen LogP contribution in [0.3, 0.4) is 0 Å². The normalized spacial score (nSPS) is 15.1. The maximum absolute atomic E-state index is 12.4. The second-order valence-corrected chi connectivity index (χ2v) is 7.17. The molecular weight excluding hydrogens is 318 g/mol. The summed E-state index contributed by atoms with van der Waals surface area (Å²) in [6, 6.07) is -2.49. The Bertz CT molecular complexity index is 416. The molecule has 3 atom stereocenters. The summed E-state index contributed by atoms with van der Waals surface area (Å²) in [6.07, 6.45) is 2.19. The third-order valence-corrected chi connectivity index (χ3v) is 4.14. The van der Waals surface area contributed by atoms with Gasteiger partial charge < -0.3 is 21.5 Å². The van der Waals surface area contributed by atoms with E-state index in [1.807, 2.05) is 20.1 Å². The number of rotatable bonds is 10. The van der Waals surface area contributed by atoms with Crippen molar-refractivity contribution in [2.75, 3.05) is 12.0 Å². The molecule has 0 fully saturated rings. The zero-order valence-corrected chi connectivity index (χ0v) is 15.3. The first-order chi connectivity index (χ1) is 10.6. The Labute approximate surface area is 142 Å². The molecule has 0 aliphatic heterocycles. The molecule has 23 heavy (non-hydrogen) atoms. The van der Waals surface area contributed by atoms with Gasteiger partial charge in [0.05, 0.1) is 6.04 Å². The summed E-state index contributed by atoms with van der Waals surface area (Å²) in [5, 5.41) is 14.3. The van der Waals surface area contributed by atoms with Gasteiger partial charge >= 0.3 is 5.97 Å². The van der Waals surface area contributed by atoms with E-state index in [0.717, 1.165) is 0 Å². The quantitative estimate of drug-likeness (QED) is 0.455. The van der Waals surface area contributed by atoms with E-state index in [1.165, 1.54) is 11.8 Å². The molecule has 0 aliphatic rings. The summed E-state index contributed by atoms with van der Waals surface area (Å²) in [4.78, 5) is 35.6. The molecule has 0 heterocycles. The molecule has 0 spiro atoms. The zero-order valence-electron chi connectivity index (χ0n) is 14.5. The molecule has 0 saturated carbocycles. The number of nitrogens with two attached hydrogens (primary N) is 1. The zero-order chi connectivity index (χ0) is 18.2. The van der Waals surface area contributed by atoms with Gasteiger partial charge in [-0.3, -0.25) is 9.59 Å². The van der Waals surface area contributed by atoms with E-state index < -0.39 is 35.9 Å². The van der Waals surface area contributed by atoms with Crippen molar-refractivity contribution in [2.24, 2.45) is 17.6 Å². The molecule has 0 radical (unpaired) electrons. The molecular formula is C15H29N3O4S. The summed E-state index contributed by atoms with van der Waals surface area (Å²) in [6.45, 7) is 7.20. The Balaban J connectivity index is 4.91. The van der Waals surface area contributed by atoms with Gasteiger partial charge in [-0.2, -0.15) is 11.8 Å². The van der Waals surface area contributed by atoms with E-state index in [2.05, 4.69) is 10.6 Å². The van der Waals surface area contributed by atoms with Gasteiger partial charge in [0.1, 0.15) is 12.1 Å². The molecule has 7 nitrogen and oxygen atoms in total. The third kappa shape index (κ3) is 7.69. The van der Waals surface area contributed by atoms with Gasteiger partial charge in [-0.05, 0) is 30.3 Å². The van der Waals surface area contributed by atoms with Crippen LogP contribution in [0.25, 0.3) is 0 Å². The van der Waals surface area contributed by atoms with Crippen LogP contribution in [0.15, 0.2) is 0 Å². The van der Waals surface area contributed by atoms with E-state index in [4.69, 9.17) is 5.73 Å². The molecule has 0 saturated heterocycles. The molecule has 0 aliphatic carbocycles. The van der Waals surface area contributed by atoms with Crippen molar-refractivity contribution in [2.45, 2.75) is 52.2 Å². The fourth-order valence-electron chi connectivity index (χ4n) is 1.84. The standard InChI is InChI=1S/C15H29N3O4S/c1-8(2)11(16)13(19)18-12(9(3)4)14(20)17-10(15(21)22)6-7-23-5/h8-12H,6-7,16H2,1-5H3,(H,17,20)(H,18,19)(H,21,22). The summed E-state index contributed by atoms with van der Waals surface area (Å²) in [7, 11) is 0. The highest BCUT2D eigenvalue weighted by molar-refractivity contribution is 7.98. The van der Waals surface area contributed by atoms with Crippen LogP contribution < -0.4 is 16.4 Å². The second kappa shape index (κ2) is 10.5. The number of amides is 2. The molecule has 0 aromatic heterocycles. The predicted molar refractivity (Wildman–Crippen MR) is 92.1 cm³/mol. The summed E-state index contributed by atoms with van der Waals surface area (Å²) in [5.74, 6) is -1.62. The van der Waals surface area contributed by atoms with Crippen molar-refractivity contribution in [3.8, 4) is 0 Å². The number of hydrogen-bond acceptors (Lipinski definition) is 5. The predicted octanol–water partition coefficient (Wildman–Crippen LogP) is 0.433. The highest BCUT2D eigenvalue weighted by atomic mass is 32.2. The van der Waals surface area contributed by atoms with Crippen molar-refractivity contribution >= 4 is 29.5 Å². The topological polar surface area (TPSA) is 122 Å². The van der Waals surface area contributed by atoms with E-state index in [9.17, 15) is 19.5 Å². The summed E-state index contributed by atoms with van der Waals surface area (Å²) < 4.78 is 0. The summed E-state index contributed by atoms with van der Waals surface area (Å²) >= 11 is 1.51. The van der Waals surface area contributed by atoms with E-state index in [1.54, 1.807) is 13.8 Å². The largest absolute Gasteiger partial charge is 0.480 e. The van der Waals surface area contributed by atoms with E-state index >= 15 is 0 Å². The monoisotopic (exact) mass is 347 g/mol. The van der Waals surface area contributed by atoms with Crippen LogP contribution in [0.5, 0.6) is 0 Å². The average molecular weight is 347 g/mol. The van der Waals surface area contributed by atoms with Crippen LogP contribution in [0.4, 0.5) is 0 Å². The Hall–Kier alpha value is -1.28. The lowest BCUT2D eigenvalue weighted by Crippen LogP contribution is -2.57. The van der Waals surface area contributed by atoms with Gasteiger partial charge in [0.25, 0.3) is 0 Å². The van der Waals surface area contributed by atoms with Crippen molar-refractivity contribution < 1.29 is 19.5 Å². The molecule has 0 aromatic carbocycles. The molecule has 134 valence electrons. The minimum atomic E-state index is -1.08. The van der Waals surface area contributed by atoms with Gasteiger partial charge in [-0.1, -0.05) is 27.7 Å². The molecule has 8 heteroatoms. The molecule has 0 aromatic rings. The number of carbonyl (C=O) groups excluding carboxylic acids is 2. The number of carbonyl (C=O) groups is 3. The minimum absolute atomic E-state index is 0.0563.